The number of fused-ring (bicyclic) bond motifs is 1. The topological polar surface area (TPSA) is 84.7 Å². The van der Waals surface area contributed by atoms with Crippen molar-refractivity contribution in [3.63, 3.8) is 0 Å². The van der Waals surface area contributed by atoms with E-state index in [4.69, 9.17) is 10.5 Å². The Balaban J connectivity index is 1.70. The molecule has 0 radical (unpaired) electrons. The number of hydrogen-bond acceptors (Lipinski definition) is 4. The van der Waals surface area contributed by atoms with E-state index in [1.165, 1.54) is 0 Å². The molecule has 1 aromatic carbocycles. The molecule has 6 heteroatoms. The minimum atomic E-state index is -0.998. The average Bonchev–Trinajstić information content (AvgIpc) is 2.94. The van der Waals surface area contributed by atoms with Crippen LogP contribution in [0, 0.1) is 0 Å². The molecule has 1 fully saturated rings. The van der Waals surface area contributed by atoms with Gasteiger partial charge in [-0.05, 0) is 42.9 Å². The Bertz CT molecular complexity index is 653. The quantitative estimate of drug-likeness (QED) is 0.863. The van der Waals surface area contributed by atoms with Gasteiger partial charge in [0.15, 0.2) is 0 Å². The molecule has 1 heterocycles. The molecule has 0 bridgehead atoms. The zero-order valence-corrected chi connectivity index (χ0v) is 14.3. The largest absolute Gasteiger partial charge is 0.496 e. The second-order valence-electron chi connectivity index (χ2n) is 6.71. The maximum absolute atomic E-state index is 12.9. The Labute approximate surface area is 142 Å². The average molecular weight is 331 g/mol. The number of nitrogens with zero attached hydrogens (tertiary/aromatic N) is 1. The van der Waals surface area contributed by atoms with E-state index in [0.29, 0.717) is 19.5 Å². The van der Waals surface area contributed by atoms with Crippen molar-refractivity contribution in [3.05, 3.63) is 29.3 Å². The van der Waals surface area contributed by atoms with Crippen molar-refractivity contribution >= 4 is 11.8 Å². The van der Waals surface area contributed by atoms with Crippen LogP contribution in [0.3, 0.4) is 0 Å². The summed E-state index contributed by atoms with van der Waals surface area (Å²) >= 11 is 0. The van der Waals surface area contributed by atoms with Crippen LogP contribution >= 0.6 is 0 Å². The first-order valence-electron chi connectivity index (χ1n) is 8.47. The number of piperidine rings is 1. The number of nitrogens with two attached hydrogens (primary N) is 1. The standard InChI is InChI=1S/C18H25N3O3/c1-12(22)21-10-7-13(8-11-21)20-17(23)18(19)9-6-14-15(18)4-3-5-16(14)24-2/h3-5,13H,6-11,19H2,1-2H3,(H,20,23). The molecule has 3 N–H and O–H groups in total. The zero-order chi connectivity index (χ0) is 17.3. The van der Waals surface area contributed by atoms with Crippen LogP contribution in [-0.2, 0) is 21.5 Å². The zero-order valence-electron chi connectivity index (χ0n) is 14.3. The molecule has 6 nitrogen and oxygen atoms in total. The van der Waals surface area contributed by atoms with Gasteiger partial charge in [-0.2, -0.15) is 0 Å². The van der Waals surface area contributed by atoms with Gasteiger partial charge in [0.2, 0.25) is 11.8 Å². The Morgan fingerprint density at radius 2 is 2.04 bits per heavy atom. The second-order valence-corrected chi connectivity index (χ2v) is 6.71. The molecule has 1 saturated heterocycles. The summed E-state index contributed by atoms with van der Waals surface area (Å²) in [6.07, 6.45) is 2.87. The number of methoxy groups -OCH3 is 1. The summed E-state index contributed by atoms with van der Waals surface area (Å²) in [5.74, 6) is 0.755. The van der Waals surface area contributed by atoms with E-state index >= 15 is 0 Å². The van der Waals surface area contributed by atoms with E-state index in [1.807, 2.05) is 23.1 Å². The first-order valence-corrected chi connectivity index (χ1v) is 8.47. The minimum absolute atomic E-state index is 0.0724. The van der Waals surface area contributed by atoms with Crippen molar-refractivity contribution in [1.29, 1.82) is 0 Å². The number of ether oxygens (including phenoxy) is 1. The number of rotatable bonds is 3. The molecule has 1 atom stereocenters. The maximum Gasteiger partial charge on any atom is 0.244 e. The molecule has 0 aromatic heterocycles. The molecule has 130 valence electrons. The number of amides is 2. The van der Waals surface area contributed by atoms with Gasteiger partial charge in [-0.15, -0.1) is 0 Å². The van der Waals surface area contributed by atoms with Crippen LogP contribution in [-0.4, -0.2) is 43.0 Å². The summed E-state index contributed by atoms with van der Waals surface area (Å²) in [7, 11) is 1.63. The van der Waals surface area contributed by atoms with Crippen molar-refractivity contribution in [2.24, 2.45) is 5.73 Å². The Kier molecular flexibility index (Phi) is 4.49. The SMILES string of the molecule is COc1cccc2c1CCC2(N)C(=O)NC1CCN(C(C)=O)CC1. The van der Waals surface area contributed by atoms with Crippen LogP contribution in [0.1, 0.15) is 37.3 Å². The van der Waals surface area contributed by atoms with Gasteiger partial charge in [0, 0.05) is 26.1 Å². The van der Waals surface area contributed by atoms with E-state index in [-0.39, 0.29) is 17.9 Å². The predicted molar refractivity (Wildman–Crippen MR) is 90.6 cm³/mol. The third kappa shape index (κ3) is 2.86. The maximum atomic E-state index is 12.9. The van der Waals surface area contributed by atoms with E-state index in [0.717, 1.165) is 36.1 Å². The number of nitrogens with one attached hydrogen (secondary N) is 1. The molecule has 0 saturated carbocycles. The highest BCUT2D eigenvalue weighted by molar-refractivity contribution is 5.89. The van der Waals surface area contributed by atoms with Gasteiger partial charge in [-0.3, -0.25) is 9.59 Å². The van der Waals surface area contributed by atoms with Crippen molar-refractivity contribution in [2.45, 2.75) is 44.2 Å². The molecular formula is C18H25N3O3. The third-order valence-corrected chi connectivity index (χ3v) is 5.28. The summed E-state index contributed by atoms with van der Waals surface area (Å²) in [5.41, 5.74) is 7.39. The Morgan fingerprint density at radius 3 is 2.67 bits per heavy atom. The van der Waals surface area contributed by atoms with Gasteiger partial charge in [0.1, 0.15) is 11.3 Å². The van der Waals surface area contributed by atoms with Crippen molar-refractivity contribution < 1.29 is 14.3 Å². The second kappa shape index (κ2) is 6.43. The van der Waals surface area contributed by atoms with Crippen molar-refractivity contribution in [2.75, 3.05) is 20.2 Å². The number of benzene rings is 1. The smallest absolute Gasteiger partial charge is 0.244 e. The van der Waals surface area contributed by atoms with Gasteiger partial charge in [-0.25, -0.2) is 0 Å². The molecular weight excluding hydrogens is 306 g/mol. The van der Waals surface area contributed by atoms with Crippen molar-refractivity contribution in [3.8, 4) is 5.75 Å². The lowest BCUT2D eigenvalue weighted by atomic mass is 9.91. The summed E-state index contributed by atoms with van der Waals surface area (Å²) in [5, 5.41) is 3.10. The first kappa shape index (κ1) is 16.8. The summed E-state index contributed by atoms with van der Waals surface area (Å²) in [6.45, 7) is 2.95. The lowest BCUT2D eigenvalue weighted by Crippen LogP contribution is -2.54. The van der Waals surface area contributed by atoms with E-state index in [1.54, 1.807) is 14.0 Å². The van der Waals surface area contributed by atoms with E-state index in [2.05, 4.69) is 5.32 Å². The first-order chi connectivity index (χ1) is 11.5. The van der Waals surface area contributed by atoms with Gasteiger partial charge in [-0.1, -0.05) is 12.1 Å². The molecule has 24 heavy (non-hydrogen) atoms. The minimum Gasteiger partial charge on any atom is -0.496 e. The summed E-state index contributed by atoms with van der Waals surface area (Å²) in [4.78, 5) is 26.1. The lowest BCUT2D eigenvalue weighted by molar-refractivity contribution is -0.130. The lowest BCUT2D eigenvalue weighted by Gasteiger charge is -2.34. The predicted octanol–water partition coefficient (Wildman–Crippen LogP) is 0.922. The van der Waals surface area contributed by atoms with Gasteiger partial charge in [0.25, 0.3) is 0 Å². The van der Waals surface area contributed by atoms with Gasteiger partial charge in [0.05, 0.1) is 7.11 Å². The molecule has 1 unspecified atom stereocenters. The fourth-order valence-corrected chi connectivity index (χ4v) is 3.78. The summed E-state index contributed by atoms with van der Waals surface area (Å²) < 4.78 is 5.39. The van der Waals surface area contributed by atoms with Gasteiger partial charge < -0.3 is 20.7 Å². The number of carbonyl (C=O) groups excluding carboxylic acids is 2. The highest BCUT2D eigenvalue weighted by Crippen LogP contribution is 2.39. The monoisotopic (exact) mass is 331 g/mol. The normalized spacial score (nSPS) is 23.7. The summed E-state index contributed by atoms with van der Waals surface area (Å²) in [6, 6.07) is 5.77. The number of likely N-dealkylation sites (tertiary alicyclic amines) is 1. The molecule has 1 aliphatic carbocycles. The van der Waals surface area contributed by atoms with Crippen molar-refractivity contribution in [1.82, 2.24) is 10.2 Å². The number of carbonyl (C=O) groups is 2. The molecule has 0 spiro atoms. The van der Waals surface area contributed by atoms with Crippen LogP contribution in [0.15, 0.2) is 18.2 Å². The van der Waals surface area contributed by atoms with E-state index in [9.17, 15) is 9.59 Å². The Hall–Kier alpha value is -2.08. The molecule has 2 aliphatic rings. The molecule has 1 aromatic rings. The van der Waals surface area contributed by atoms with Crippen LogP contribution in [0.4, 0.5) is 0 Å². The van der Waals surface area contributed by atoms with Crippen LogP contribution in [0.2, 0.25) is 0 Å². The van der Waals surface area contributed by atoms with Crippen LogP contribution in [0.25, 0.3) is 0 Å². The van der Waals surface area contributed by atoms with Crippen LogP contribution in [0.5, 0.6) is 5.75 Å². The Morgan fingerprint density at radius 1 is 1.33 bits per heavy atom. The highest BCUT2D eigenvalue weighted by atomic mass is 16.5. The fourth-order valence-electron chi connectivity index (χ4n) is 3.78. The highest BCUT2D eigenvalue weighted by Gasteiger charge is 2.43. The third-order valence-electron chi connectivity index (χ3n) is 5.28. The molecule has 2 amide bonds. The number of hydrogen-bond donors (Lipinski definition) is 2. The fraction of sp³-hybridized carbons (Fsp3) is 0.556. The molecule has 3 rings (SSSR count). The van der Waals surface area contributed by atoms with Gasteiger partial charge >= 0.3 is 0 Å². The van der Waals surface area contributed by atoms with Crippen LogP contribution < -0.4 is 15.8 Å². The molecule has 1 aliphatic heterocycles. The van der Waals surface area contributed by atoms with E-state index < -0.39 is 5.54 Å².